The lowest BCUT2D eigenvalue weighted by Crippen LogP contribution is -2.50. The van der Waals surface area contributed by atoms with Gasteiger partial charge in [-0.15, -0.1) is 0 Å². The fourth-order valence-electron chi connectivity index (χ4n) is 3.14. The maximum Gasteiger partial charge on any atom is 0.239 e. The Labute approximate surface area is 143 Å². The maximum atomic E-state index is 12.4. The number of nitrogens with one attached hydrogen (secondary N) is 1. The van der Waals surface area contributed by atoms with Crippen LogP contribution in [0.2, 0.25) is 0 Å². The van der Waals surface area contributed by atoms with Crippen molar-refractivity contribution in [3.05, 3.63) is 30.3 Å². The van der Waals surface area contributed by atoms with E-state index in [1.165, 1.54) is 0 Å². The molecule has 1 fully saturated rings. The normalized spacial score (nSPS) is 21.3. The van der Waals surface area contributed by atoms with Crippen molar-refractivity contribution in [1.29, 1.82) is 0 Å². The minimum atomic E-state index is -3.80. The van der Waals surface area contributed by atoms with Crippen LogP contribution in [-0.2, 0) is 19.4 Å². The van der Waals surface area contributed by atoms with Gasteiger partial charge in [0.05, 0.1) is 0 Å². The van der Waals surface area contributed by atoms with Gasteiger partial charge in [-0.2, -0.15) is 0 Å². The monoisotopic (exact) mass is 352 g/mol. The fraction of sp³-hybridized carbons (Fsp3) is 0.529. The van der Waals surface area contributed by atoms with E-state index in [1.54, 1.807) is 35.2 Å². The molecule has 6 nitrogen and oxygen atoms in total. The summed E-state index contributed by atoms with van der Waals surface area (Å²) in [5.74, 6) is -2.36. The molecule has 0 radical (unpaired) electrons. The second-order valence-corrected chi connectivity index (χ2v) is 8.44. The highest BCUT2D eigenvalue weighted by molar-refractivity contribution is 7.92. The van der Waals surface area contributed by atoms with Gasteiger partial charge in [-0.1, -0.05) is 18.2 Å². The average Bonchev–Trinajstić information content (AvgIpc) is 2.46. The van der Waals surface area contributed by atoms with Gasteiger partial charge in [0.15, 0.2) is 9.84 Å². The highest BCUT2D eigenvalue weighted by Gasteiger charge is 2.32. The van der Waals surface area contributed by atoms with Crippen molar-refractivity contribution in [3.8, 4) is 0 Å². The number of anilines is 1. The lowest BCUT2D eigenvalue weighted by atomic mass is 9.98. The summed E-state index contributed by atoms with van der Waals surface area (Å²) in [7, 11) is -3.80. The summed E-state index contributed by atoms with van der Waals surface area (Å²) >= 11 is 0. The Morgan fingerprint density at radius 3 is 2.25 bits per heavy atom. The number of rotatable bonds is 5. The number of carbonyl (C=O) groups excluding carboxylic acids is 2. The van der Waals surface area contributed by atoms with Crippen molar-refractivity contribution < 1.29 is 18.0 Å². The number of hydrogen-bond acceptors (Lipinski definition) is 4. The number of piperidine rings is 1. The lowest BCUT2D eigenvalue weighted by molar-refractivity contribution is -0.134. The van der Waals surface area contributed by atoms with Gasteiger partial charge in [-0.3, -0.25) is 9.59 Å². The Kier molecular flexibility index (Phi) is 5.99. The van der Waals surface area contributed by atoms with E-state index in [2.05, 4.69) is 5.32 Å². The quantitative estimate of drug-likeness (QED) is 0.876. The van der Waals surface area contributed by atoms with E-state index >= 15 is 0 Å². The molecule has 1 heterocycles. The average molecular weight is 352 g/mol. The molecule has 0 aromatic heterocycles. The predicted molar refractivity (Wildman–Crippen MR) is 93.3 cm³/mol. The van der Waals surface area contributed by atoms with Gasteiger partial charge in [0.1, 0.15) is 11.5 Å². The van der Waals surface area contributed by atoms with Crippen molar-refractivity contribution in [2.24, 2.45) is 0 Å². The molecule has 0 saturated carbocycles. The zero-order valence-corrected chi connectivity index (χ0v) is 14.9. The summed E-state index contributed by atoms with van der Waals surface area (Å²) in [6, 6.07) is 8.70. The SMILES string of the molecule is CC1CCCC(C)N1C(=O)CS(=O)(=O)CC(=O)Nc1ccccc1. The van der Waals surface area contributed by atoms with Gasteiger partial charge in [0, 0.05) is 17.8 Å². The minimum Gasteiger partial charge on any atom is -0.336 e. The zero-order valence-electron chi connectivity index (χ0n) is 14.1. The van der Waals surface area contributed by atoms with E-state index in [1.807, 2.05) is 13.8 Å². The highest BCUT2D eigenvalue weighted by atomic mass is 32.2. The van der Waals surface area contributed by atoms with Gasteiger partial charge in [0.25, 0.3) is 0 Å². The van der Waals surface area contributed by atoms with E-state index < -0.39 is 33.2 Å². The third-order valence-corrected chi connectivity index (χ3v) is 5.62. The van der Waals surface area contributed by atoms with Gasteiger partial charge in [-0.25, -0.2) is 8.42 Å². The van der Waals surface area contributed by atoms with Crippen LogP contribution in [0.15, 0.2) is 30.3 Å². The molecule has 1 N–H and O–H groups in total. The summed E-state index contributed by atoms with van der Waals surface area (Å²) in [6.45, 7) is 3.87. The van der Waals surface area contributed by atoms with Gasteiger partial charge < -0.3 is 10.2 Å². The molecule has 2 unspecified atom stereocenters. The first-order valence-electron chi connectivity index (χ1n) is 8.15. The summed E-state index contributed by atoms with van der Waals surface area (Å²) in [4.78, 5) is 25.9. The van der Waals surface area contributed by atoms with Crippen LogP contribution in [-0.4, -0.2) is 48.7 Å². The van der Waals surface area contributed by atoms with E-state index in [9.17, 15) is 18.0 Å². The molecule has 0 aliphatic carbocycles. The van der Waals surface area contributed by atoms with Crippen molar-refractivity contribution >= 4 is 27.3 Å². The molecule has 2 rings (SSSR count). The second kappa shape index (κ2) is 7.79. The Bertz CT molecular complexity index is 678. The van der Waals surface area contributed by atoms with E-state index in [0.717, 1.165) is 19.3 Å². The number of carbonyl (C=O) groups is 2. The second-order valence-electron chi connectivity index (χ2n) is 6.38. The molecule has 2 atom stereocenters. The van der Waals surface area contributed by atoms with E-state index in [0.29, 0.717) is 5.69 Å². The first-order chi connectivity index (χ1) is 11.3. The van der Waals surface area contributed by atoms with Crippen molar-refractivity contribution in [2.75, 3.05) is 16.8 Å². The smallest absolute Gasteiger partial charge is 0.239 e. The maximum absolute atomic E-state index is 12.4. The summed E-state index contributed by atoms with van der Waals surface area (Å²) < 4.78 is 24.4. The highest BCUT2D eigenvalue weighted by Crippen LogP contribution is 2.22. The van der Waals surface area contributed by atoms with Crippen LogP contribution in [0.1, 0.15) is 33.1 Å². The predicted octanol–water partition coefficient (Wildman–Crippen LogP) is 1.83. The Morgan fingerprint density at radius 2 is 1.67 bits per heavy atom. The molecule has 24 heavy (non-hydrogen) atoms. The Hall–Kier alpha value is -1.89. The molecule has 0 bridgehead atoms. The van der Waals surface area contributed by atoms with Crippen LogP contribution in [0.4, 0.5) is 5.69 Å². The van der Waals surface area contributed by atoms with Crippen LogP contribution in [0.25, 0.3) is 0 Å². The molecular weight excluding hydrogens is 328 g/mol. The Balaban J connectivity index is 1.95. The molecule has 2 amide bonds. The molecule has 1 aliphatic heterocycles. The van der Waals surface area contributed by atoms with Gasteiger partial charge in [-0.05, 0) is 45.2 Å². The molecule has 1 aliphatic rings. The molecule has 1 aromatic rings. The lowest BCUT2D eigenvalue weighted by Gasteiger charge is -2.39. The number of hydrogen-bond donors (Lipinski definition) is 1. The number of nitrogens with zero attached hydrogens (tertiary/aromatic N) is 1. The number of amides is 2. The fourth-order valence-corrected chi connectivity index (χ4v) is 4.24. The van der Waals surface area contributed by atoms with E-state index in [-0.39, 0.29) is 12.1 Å². The zero-order chi connectivity index (χ0) is 17.7. The first-order valence-corrected chi connectivity index (χ1v) is 9.97. The first kappa shape index (κ1) is 18.4. The standard InChI is InChI=1S/C17H24N2O4S/c1-13-7-6-8-14(2)19(13)17(21)12-24(22,23)11-16(20)18-15-9-4-3-5-10-15/h3-5,9-10,13-14H,6-8,11-12H2,1-2H3,(H,18,20). The molecule has 7 heteroatoms. The van der Waals surface area contributed by atoms with Crippen LogP contribution in [0, 0.1) is 0 Å². The van der Waals surface area contributed by atoms with E-state index in [4.69, 9.17) is 0 Å². The minimum absolute atomic E-state index is 0.0367. The van der Waals surface area contributed by atoms with Crippen LogP contribution in [0.5, 0.6) is 0 Å². The van der Waals surface area contributed by atoms with Crippen LogP contribution in [0.3, 0.4) is 0 Å². The largest absolute Gasteiger partial charge is 0.336 e. The van der Waals surface area contributed by atoms with Crippen LogP contribution < -0.4 is 5.32 Å². The number of para-hydroxylation sites is 1. The molecule has 1 aromatic carbocycles. The number of likely N-dealkylation sites (tertiary alicyclic amines) is 1. The van der Waals surface area contributed by atoms with Crippen molar-refractivity contribution in [1.82, 2.24) is 4.90 Å². The topological polar surface area (TPSA) is 83.6 Å². The summed E-state index contributed by atoms with van der Waals surface area (Å²) in [5, 5.41) is 2.53. The van der Waals surface area contributed by atoms with Crippen molar-refractivity contribution in [3.63, 3.8) is 0 Å². The third kappa shape index (κ3) is 5.06. The van der Waals surface area contributed by atoms with Gasteiger partial charge in [0.2, 0.25) is 11.8 Å². The molecule has 0 spiro atoms. The number of sulfone groups is 1. The Morgan fingerprint density at radius 1 is 1.08 bits per heavy atom. The molecule has 1 saturated heterocycles. The van der Waals surface area contributed by atoms with Crippen LogP contribution >= 0.6 is 0 Å². The molecule has 132 valence electrons. The summed E-state index contributed by atoms with van der Waals surface area (Å²) in [6.07, 6.45) is 2.80. The molecular formula is C17H24N2O4S. The van der Waals surface area contributed by atoms with Gasteiger partial charge >= 0.3 is 0 Å². The summed E-state index contributed by atoms with van der Waals surface area (Å²) in [5.41, 5.74) is 0.530. The third-order valence-electron chi connectivity index (χ3n) is 4.23. The van der Waals surface area contributed by atoms with Crippen molar-refractivity contribution in [2.45, 2.75) is 45.2 Å². The number of benzene rings is 1.